The molecule has 0 saturated carbocycles. The minimum absolute atomic E-state index is 0.233. The van der Waals surface area contributed by atoms with Crippen LogP contribution in [0.25, 0.3) is 0 Å². The number of phenolic OH excluding ortho intramolecular Hbond substituents is 1. The van der Waals surface area contributed by atoms with Crippen LogP contribution in [0.2, 0.25) is 0 Å². The monoisotopic (exact) mass is 223 g/mol. The van der Waals surface area contributed by atoms with E-state index in [4.69, 9.17) is 9.47 Å². The molecule has 0 aliphatic carbocycles. The molecule has 1 aliphatic heterocycles. The molecule has 1 heterocycles. The normalized spacial score (nSPS) is 15.8. The van der Waals surface area contributed by atoms with Crippen molar-refractivity contribution in [1.29, 1.82) is 0 Å². The zero-order valence-corrected chi connectivity index (χ0v) is 9.40. The molecule has 88 valence electrons. The molecule has 0 atom stereocenters. The Balaban J connectivity index is 1.98. The fraction of sp³-hybridized carbons (Fsp3) is 0.500. The van der Waals surface area contributed by atoms with Crippen molar-refractivity contribution >= 4 is 0 Å². The first-order chi connectivity index (χ1) is 7.81. The van der Waals surface area contributed by atoms with Crippen molar-refractivity contribution in [3.8, 4) is 11.5 Å². The molecule has 1 saturated heterocycles. The van der Waals surface area contributed by atoms with E-state index in [1.165, 1.54) is 0 Å². The van der Waals surface area contributed by atoms with Crippen LogP contribution in [-0.2, 0) is 11.3 Å². The third-order valence-corrected chi connectivity index (χ3v) is 2.60. The maximum absolute atomic E-state index is 9.93. The van der Waals surface area contributed by atoms with Gasteiger partial charge in [0.05, 0.1) is 25.9 Å². The molecule has 1 aromatic rings. The van der Waals surface area contributed by atoms with Crippen molar-refractivity contribution in [2.24, 2.45) is 0 Å². The van der Waals surface area contributed by atoms with E-state index in [2.05, 4.69) is 5.32 Å². The van der Waals surface area contributed by atoms with Crippen LogP contribution in [0.15, 0.2) is 18.2 Å². The molecule has 1 aliphatic rings. The number of hydrogen-bond acceptors (Lipinski definition) is 4. The maximum atomic E-state index is 9.93. The first-order valence-corrected chi connectivity index (χ1v) is 5.56. The van der Waals surface area contributed by atoms with E-state index in [0.717, 1.165) is 18.8 Å². The van der Waals surface area contributed by atoms with Gasteiger partial charge in [-0.15, -0.1) is 0 Å². The van der Waals surface area contributed by atoms with E-state index in [-0.39, 0.29) is 5.75 Å². The lowest BCUT2D eigenvalue weighted by atomic mass is 10.1. The van der Waals surface area contributed by atoms with Gasteiger partial charge in [0, 0.05) is 12.1 Å². The van der Waals surface area contributed by atoms with Crippen LogP contribution < -0.4 is 10.1 Å². The Morgan fingerprint density at radius 1 is 1.50 bits per heavy atom. The number of benzene rings is 1. The molecule has 0 spiro atoms. The Kier molecular flexibility index (Phi) is 3.64. The van der Waals surface area contributed by atoms with Gasteiger partial charge in [0.2, 0.25) is 0 Å². The Bertz CT molecular complexity index is 350. The second-order valence-corrected chi connectivity index (χ2v) is 3.81. The SMILES string of the molecule is CCOc1cccc(CNC2COC2)c1O. The number of aromatic hydroxyl groups is 1. The average Bonchev–Trinajstić information content (AvgIpc) is 2.21. The molecule has 4 nitrogen and oxygen atoms in total. The minimum Gasteiger partial charge on any atom is -0.504 e. The lowest BCUT2D eigenvalue weighted by molar-refractivity contribution is -0.00585. The number of ether oxygens (including phenoxy) is 2. The highest BCUT2D eigenvalue weighted by Crippen LogP contribution is 2.29. The van der Waals surface area contributed by atoms with Gasteiger partial charge in [0.25, 0.3) is 0 Å². The lowest BCUT2D eigenvalue weighted by Crippen LogP contribution is -2.45. The van der Waals surface area contributed by atoms with E-state index in [1.54, 1.807) is 6.07 Å². The van der Waals surface area contributed by atoms with E-state index < -0.39 is 0 Å². The molecule has 1 aromatic carbocycles. The Morgan fingerprint density at radius 2 is 2.31 bits per heavy atom. The minimum atomic E-state index is 0.233. The molecule has 0 bridgehead atoms. The predicted molar refractivity (Wildman–Crippen MR) is 60.7 cm³/mol. The Hall–Kier alpha value is -1.26. The van der Waals surface area contributed by atoms with E-state index in [9.17, 15) is 5.11 Å². The van der Waals surface area contributed by atoms with Crippen LogP contribution in [0.4, 0.5) is 0 Å². The quantitative estimate of drug-likeness (QED) is 0.789. The molecule has 0 aromatic heterocycles. The molecule has 0 unspecified atom stereocenters. The molecular weight excluding hydrogens is 206 g/mol. The molecular formula is C12H17NO3. The van der Waals surface area contributed by atoms with Crippen LogP contribution in [0.3, 0.4) is 0 Å². The third kappa shape index (κ3) is 2.46. The topological polar surface area (TPSA) is 50.7 Å². The largest absolute Gasteiger partial charge is 0.504 e. The molecule has 4 heteroatoms. The van der Waals surface area contributed by atoms with Gasteiger partial charge in [-0.25, -0.2) is 0 Å². The van der Waals surface area contributed by atoms with Crippen molar-refractivity contribution in [2.45, 2.75) is 19.5 Å². The van der Waals surface area contributed by atoms with Crippen molar-refractivity contribution in [3.63, 3.8) is 0 Å². The molecule has 2 rings (SSSR count). The van der Waals surface area contributed by atoms with Gasteiger partial charge < -0.3 is 19.9 Å². The van der Waals surface area contributed by atoms with Gasteiger partial charge in [-0.2, -0.15) is 0 Å². The summed E-state index contributed by atoms with van der Waals surface area (Å²) in [6.45, 7) is 4.61. The van der Waals surface area contributed by atoms with Crippen LogP contribution in [-0.4, -0.2) is 31.0 Å². The summed E-state index contributed by atoms with van der Waals surface area (Å²) in [6.07, 6.45) is 0. The molecule has 0 radical (unpaired) electrons. The summed E-state index contributed by atoms with van der Waals surface area (Å²) in [5, 5.41) is 13.2. The van der Waals surface area contributed by atoms with Crippen molar-refractivity contribution < 1.29 is 14.6 Å². The van der Waals surface area contributed by atoms with Crippen LogP contribution >= 0.6 is 0 Å². The summed E-state index contributed by atoms with van der Waals surface area (Å²) in [5.41, 5.74) is 0.859. The summed E-state index contributed by atoms with van der Waals surface area (Å²) in [6, 6.07) is 5.97. The smallest absolute Gasteiger partial charge is 0.162 e. The van der Waals surface area contributed by atoms with Crippen molar-refractivity contribution in [1.82, 2.24) is 5.32 Å². The molecule has 1 fully saturated rings. The van der Waals surface area contributed by atoms with Crippen LogP contribution in [0, 0.1) is 0 Å². The number of phenols is 1. The first kappa shape index (κ1) is 11.2. The first-order valence-electron chi connectivity index (χ1n) is 5.56. The lowest BCUT2D eigenvalue weighted by Gasteiger charge is -2.27. The summed E-state index contributed by atoms with van der Waals surface area (Å²) in [5.74, 6) is 0.781. The Morgan fingerprint density at radius 3 is 2.94 bits per heavy atom. The van der Waals surface area contributed by atoms with Crippen molar-refractivity contribution in [3.05, 3.63) is 23.8 Å². The van der Waals surface area contributed by atoms with Gasteiger partial charge in [-0.1, -0.05) is 12.1 Å². The predicted octanol–water partition coefficient (Wildman–Crippen LogP) is 1.28. The molecule has 2 N–H and O–H groups in total. The molecule has 16 heavy (non-hydrogen) atoms. The van der Waals surface area contributed by atoms with Crippen LogP contribution in [0.5, 0.6) is 11.5 Å². The molecule has 0 amide bonds. The highest BCUT2D eigenvalue weighted by Gasteiger charge is 2.18. The van der Waals surface area contributed by atoms with Crippen LogP contribution in [0.1, 0.15) is 12.5 Å². The highest BCUT2D eigenvalue weighted by atomic mass is 16.5. The fourth-order valence-corrected chi connectivity index (χ4v) is 1.59. The second kappa shape index (κ2) is 5.18. The van der Waals surface area contributed by atoms with Gasteiger partial charge in [0.1, 0.15) is 0 Å². The number of para-hydroxylation sites is 1. The Labute approximate surface area is 95.2 Å². The number of rotatable bonds is 5. The summed E-state index contributed by atoms with van der Waals surface area (Å²) >= 11 is 0. The standard InChI is InChI=1S/C12H17NO3/c1-2-16-11-5-3-4-9(12(11)14)6-13-10-7-15-8-10/h3-5,10,13-14H,2,6-8H2,1H3. The van der Waals surface area contributed by atoms with Gasteiger partial charge >= 0.3 is 0 Å². The zero-order valence-electron chi connectivity index (χ0n) is 9.40. The fourth-order valence-electron chi connectivity index (χ4n) is 1.59. The highest BCUT2D eigenvalue weighted by molar-refractivity contribution is 5.45. The number of hydrogen-bond donors (Lipinski definition) is 2. The van der Waals surface area contributed by atoms with Crippen molar-refractivity contribution in [2.75, 3.05) is 19.8 Å². The van der Waals surface area contributed by atoms with Gasteiger partial charge in [-0.3, -0.25) is 0 Å². The zero-order chi connectivity index (χ0) is 11.4. The van der Waals surface area contributed by atoms with E-state index >= 15 is 0 Å². The van der Waals surface area contributed by atoms with E-state index in [1.807, 2.05) is 19.1 Å². The van der Waals surface area contributed by atoms with E-state index in [0.29, 0.717) is 24.9 Å². The second-order valence-electron chi connectivity index (χ2n) is 3.81. The van der Waals surface area contributed by atoms with Gasteiger partial charge in [0.15, 0.2) is 11.5 Å². The summed E-state index contributed by atoms with van der Waals surface area (Å²) < 4.78 is 10.4. The summed E-state index contributed by atoms with van der Waals surface area (Å²) in [4.78, 5) is 0. The number of nitrogens with one attached hydrogen (secondary N) is 1. The average molecular weight is 223 g/mol. The summed E-state index contributed by atoms with van der Waals surface area (Å²) in [7, 11) is 0. The van der Waals surface area contributed by atoms with Gasteiger partial charge in [-0.05, 0) is 13.0 Å². The third-order valence-electron chi connectivity index (χ3n) is 2.60. The maximum Gasteiger partial charge on any atom is 0.162 e.